The van der Waals surface area contributed by atoms with Crippen molar-refractivity contribution in [3.63, 3.8) is 0 Å². The summed E-state index contributed by atoms with van der Waals surface area (Å²) in [7, 11) is 0. The molecular formula is C29H24N8O2S. The quantitative estimate of drug-likeness (QED) is 0.322. The van der Waals surface area contributed by atoms with E-state index in [1.807, 2.05) is 62.4 Å². The second kappa shape index (κ2) is 11.2. The Morgan fingerprint density at radius 2 is 1.85 bits per heavy atom. The van der Waals surface area contributed by atoms with Gasteiger partial charge in [-0.2, -0.15) is 0 Å². The first-order chi connectivity index (χ1) is 19.4. The smallest absolute Gasteiger partial charge is 0.267 e. The molecule has 0 atom stereocenters. The van der Waals surface area contributed by atoms with Gasteiger partial charge in [-0.05, 0) is 43.2 Å². The first-order valence-corrected chi connectivity index (χ1v) is 13.2. The third-order valence-electron chi connectivity index (χ3n) is 6.02. The van der Waals surface area contributed by atoms with Crippen LogP contribution in [0.4, 0.5) is 5.82 Å². The summed E-state index contributed by atoms with van der Waals surface area (Å²) in [5.41, 5.74) is 15.9. The molecule has 0 saturated heterocycles. The summed E-state index contributed by atoms with van der Waals surface area (Å²) in [5.74, 6) is 6.52. The third-order valence-corrected chi connectivity index (χ3v) is 6.87. The zero-order valence-electron chi connectivity index (χ0n) is 21.7. The van der Waals surface area contributed by atoms with Gasteiger partial charge in [0.2, 0.25) is 0 Å². The summed E-state index contributed by atoms with van der Waals surface area (Å²) in [5, 5.41) is 4.41. The highest BCUT2D eigenvalue weighted by molar-refractivity contribution is 7.10. The Kier molecular flexibility index (Phi) is 7.35. The van der Waals surface area contributed by atoms with Crippen LogP contribution in [-0.4, -0.2) is 35.0 Å². The number of para-hydroxylation sites is 1. The van der Waals surface area contributed by atoms with Gasteiger partial charge in [-0.25, -0.2) is 19.5 Å². The van der Waals surface area contributed by atoms with Gasteiger partial charge in [-0.3, -0.25) is 14.2 Å². The van der Waals surface area contributed by atoms with E-state index < -0.39 is 5.91 Å². The number of anilines is 1. The Labute approximate surface area is 233 Å². The van der Waals surface area contributed by atoms with Crippen LogP contribution in [0.3, 0.4) is 0 Å². The Balaban J connectivity index is 0.000000207. The van der Waals surface area contributed by atoms with E-state index in [4.69, 9.17) is 16.5 Å². The van der Waals surface area contributed by atoms with Gasteiger partial charge in [-0.15, -0.1) is 16.4 Å². The summed E-state index contributed by atoms with van der Waals surface area (Å²) in [4.78, 5) is 38.2. The van der Waals surface area contributed by atoms with Crippen LogP contribution in [0.15, 0.2) is 77.3 Å². The van der Waals surface area contributed by atoms with Crippen LogP contribution in [0.2, 0.25) is 0 Å². The van der Waals surface area contributed by atoms with Gasteiger partial charge in [0.15, 0.2) is 11.5 Å². The number of amides is 1. The number of hydrogen-bond acceptors (Lipinski definition) is 8. The molecule has 0 aliphatic rings. The van der Waals surface area contributed by atoms with E-state index in [9.17, 15) is 9.59 Å². The van der Waals surface area contributed by atoms with Gasteiger partial charge in [0.1, 0.15) is 11.4 Å². The summed E-state index contributed by atoms with van der Waals surface area (Å²) >= 11 is 1.50. The lowest BCUT2D eigenvalue weighted by Crippen LogP contribution is -2.24. The molecule has 0 radical (unpaired) electrons. The molecule has 0 aliphatic carbocycles. The number of hydrogen-bond donors (Lipinski definition) is 2. The Morgan fingerprint density at radius 1 is 1.05 bits per heavy atom. The monoisotopic (exact) mass is 548 g/mol. The topological polar surface area (TPSA) is 147 Å². The van der Waals surface area contributed by atoms with Gasteiger partial charge < -0.3 is 11.5 Å². The highest BCUT2D eigenvalue weighted by atomic mass is 32.1. The highest BCUT2D eigenvalue weighted by Gasteiger charge is 2.16. The van der Waals surface area contributed by atoms with Gasteiger partial charge in [0.05, 0.1) is 32.7 Å². The maximum atomic E-state index is 13.4. The Bertz CT molecular complexity index is 1980. The molecule has 6 rings (SSSR count). The lowest BCUT2D eigenvalue weighted by Gasteiger charge is -2.13. The van der Waals surface area contributed by atoms with E-state index in [0.29, 0.717) is 28.5 Å². The molecule has 4 heterocycles. The van der Waals surface area contributed by atoms with Crippen molar-refractivity contribution in [2.24, 2.45) is 5.73 Å². The molecule has 0 aliphatic heterocycles. The number of carbonyl (C=O) groups is 1. The number of nitrogen functional groups attached to an aromatic ring is 1. The fourth-order valence-electron chi connectivity index (χ4n) is 4.15. The first kappa shape index (κ1) is 26.3. The van der Waals surface area contributed by atoms with Crippen molar-refractivity contribution in [2.45, 2.75) is 20.3 Å². The summed E-state index contributed by atoms with van der Waals surface area (Å²) in [6.45, 7) is 3.93. The van der Waals surface area contributed by atoms with E-state index in [1.165, 1.54) is 15.9 Å². The first-order valence-electron chi connectivity index (χ1n) is 12.3. The number of thiazole rings is 1. The molecule has 10 nitrogen and oxygen atoms in total. The minimum Gasteiger partial charge on any atom is -0.381 e. The predicted molar refractivity (Wildman–Crippen MR) is 155 cm³/mol. The molecule has 2 aromatic carbocycles. The normalized spacial score (nSPS) is 10.6. The van der Waals surface area contributed by atoms with Gasteiger partial charge in [0, 0.05) is 24.4 Å². The highest BCUT2D eigenvalue weighted by Crippen LogP contribution is 2.18. The molecule has 0 saturated carbocycles. The molecule has 4 N–H and O–H groups in total. The molecule has 40 heavy (non-hydrogen) atoms. The SMILES string of the molecule is CCc1nc2cccc(C#Cc3scnc3C)c2c(=O)n1-c1ccccc1.NC(=O)c1c(N)nn2cccnc12. The molecular weight excluding hydrogens is 524 g/mol. The molecule has 0 fully saturated rings. The van der Waals surface area contributed by atoms with Crippen molar-refractivity contribution in [1.82, 2.24) is 29.1 Å². The second-order valence-electron chi connectivity index (χ2n) is 8.59. The van der Waals surface area contributed by atoms with Crippen LogP contribution in [0.25, 0.3) is 22.2 Å². The number of benzene rings is 2. The summed E-state index contributed by atoms with van der Waals surface area (Å²) < 4.78 is 3.10. The van der Waals surface area contributed by atoms with E-state index in [-0.39, 0.29) is 16.9 Å². The molecule has 4 aromatic heterocycles. The number of carbonyl (C=O) groups excluding carboxylic acids is 1. The van der Waals surface area contributed by atoms with Gasteiger partial charge >= 0.3 is 0 Å². The Morgan fingerprint density at radius 3 is 2.55 bits per heavy atom. The van der Waals surface area contributed by atoms with E-state index in [2.05, 4.69) is 26.9 Å². The number of aromatic nitrogens is 6. The van der Waals surface area contributed by atoms with Gasteiger partial charge in [0.25, 0.3) is 11.5 Å². The number of nitrogens with two attached hydrogens (primary N) is 2. The van der Waals surface area contributed by atoms with E-state index in [0.717, 1.165) is 22.1 Å². The molecule has 198 valence electrons. The fraction of sp³-hybridized carbons (Fsp3) is 0.103. The summed E-state index contributed by atoms with van der Waals surface area (Å²) in [6, 6.07) is 16.9. The number of nitrogens with zero attached hydrogens (tertiary/aromatic N) is 6. The Hall–Kier alpha value is -5.34. The number of fused-ring (bicyclic) bond motifs is 2. The molecule has 0 bridgehead atoms. The number of aryl methyl sites for hydroxylation is 2. The molecule has 11 heteroatoms. The fourth-order valence-corrected chi connectivity index (χ4v) is 4.80. The van der Waals surface area contributed by atoms with Crippen LogP contribution in [0, 0.1) is 18.8 Å². The molecule has 6 aromatic rings. The van der Waals surface area contributed by atoms with Crippen molar-refractivity contribution in [3.05, 3.63) is 110 Å². The van der Waals surface area contributed by atoms with E-state index in [1.54, 1.807) is 28.5 Å². The average Bonchev–Trinajstić information content (AvgIpc) is 3.53. The predicted octanol–water partition coefficient (Wildman–Crippen LogP) is 3.52. The number of rotatable bonds is 3. The van der Waals surface area contributed by atoms with Crippen molar-refractivity contribution >= 4 is 39.6 Å². The van der Waals surface area contributed by atoms with E-state index >= 15 is 0 Å². The van der Waals surface area contributed by atoms with Crippen molar-refractivity contribution < 1.29 is 4.79 Å². The van der Waals surface area contributed by atoms with Crippen LogP contribution >= 0.6 is 11.3 Å². The minimum absolute atomic E-state index is 0.0889. The zero-order chi connectivity index (χ0) is 28.2. The molecule has 0 spiro atoms. The lowest BCUT2D eigenvalue weighted by atomic mass is 10.1. The largest absolute Gasteiger partial charge is 0.381 e. The maximum Gasteiger partial charge on any atom is 0.267 e. The van der Waals surface area contributed by atoms with Gasteiger partial charge in [-0.1, -0.05) is 37.1 Å². The minimum atomic E-state index is -0.619. The zero-order valence-corrected chi connectivity index (χ0v) is 22.5. The lowest BCUT2D eigenvalue weighted by molar-refractivity contribution is 0.100. The molecule has 0 unspecified atom stereocenters. The third kappa shape index (κ3) is 5.03. The van der Waals surface area contributed by atoms with Crippen LogP contribution in [0.5, 0.6) is 0 Å². The number of primary amides is 1. The van der Waals surface area contributed by atoms with Crippen LogP contribution < -0.4 is 17.0 Å². The van der Waals surface area contributed by atoms with Crippen LogP contribution in [0.1, 0.15) is 39.2 Å². The van der Waals surface area contributed by atoms with Crippen molar-refractivity contribution in [2.75, 3.05) is 5.73 Å². The second-order valence-corrected chi connectivity index (χ2v) is 9.44. The van der Waals surface area contributed by atoms with Crippen molar-refractivity contribution in [3.8, 4) is 17.5 Å². The van der Waals surface area contributed by atoms with Crippen molar-refractivity contribution in [1.29, 1.82) is 0 Å². The molecule has 1 amide bonds. The average molecular weight is 549 g/mol. The van der Waals surface area contributed by atoms with Crippen LogP contribution in [-0.2, 0) is 6.42 Å². The maximum absolute atomic E-state index is 13.4. The standard InChI is InChI=1S/C22H17N3OS.C7H7N5O/c1-3-20-24-18-11-7-8-16(12-13-19-15(2)23-14-27-19)21(18)22(26)25(20)17-9-5-4-6-10-17;8-5-4(6(9)13)7-10-2-1-3-12(7)11-5/h4-11,14H,3H2,1-2H3;1-3H,(H2,8,11)(H2,9,13). The summed E-state index contributed by atoms with van der Waals surface area (Å²) in [6.07, 6.45) is 3.85.